The Bertz CT molecular complexity index is 815. The Morgan fingerprint density at radius 3 is 2.30 bits per heavy atom. The third-order valence-corrected chi connectivity index (χ3v) is 6.74. The van der Waals surface area contributed by atoms with E-state index in [4.69, 9.17) is 5.11 Å². The molecule has 0 bridgehead atoms. The van der Waals surface area contributed by atoms with Gasteiger partial charge < -0.3 is 5.11 Å². The van der Waals surface area contributed by atoms with Crippen molar-refractivity contribution in [3.8, 4) is 0 Å². The van der Waals surface area contributed by atoms with Gasteiger partial charge in [-0.15, -0.1) is 0 Å². The smallest absolute Gasteiger partial charge is 0.0617 e. The van der Waals surface area contributed by atoms with Crippen LogP contribution in [-0.4, -0.2) is 11.7 Å². The maximum absolute atomic E-state index is 9.08. The number of rotatable bonds is 4. The summed E-state index contributed by atoms with van der Waals surface area (Å²) in [6.07, 6.45) is 12.4. The predicted molar refractivity (Wildman–Crippen MR) is 117 cm³/mol. The molecule has 27 heavy (non-hydrogen) atoms. The van der Waals surface area contributed by atoms with Crippen molar-refractivity contribution in [1.82, 2.24) is 0 Å². The number of aliphatic hydroxyl groups is 1. The standard InChI is InChI=1S/C26H36O/c1-18(12-15-27)10-11-20-8-7-9-21(20)22-17-24-23(16-19(22)2)25(3,4)13-14-26(24,5)6/h10-12,16-17,27H,7-9,13-15H2,1-6H3/b11-10?,18-12+. The molecular formula is C26H36O. The fraction of sp³-hybridized carbons (Fsp3) is 0.538. The highest BCUT2D eigenvalue weighted by Gasteiger charge is 2.37. The third kappa shape index (κ3) is 3.99. The van der Waals surface area contributed by atoms with Crippen molar-refractivity contribution < 1.29 is 5.11 Å². The average Bonchev–Trinajstić information content (AvgIpc) is 3.05. The van der Waals surface area contributed by atoms with Crippen LogP contribution >= 0.6 is 0 Å². The molecule has 0 unspecified atom stereocenters. The van der Waals surface area contributed by atoms with Crippen LogP contribution in [0.25, 0.3) is 5.57 Å². The van der Waals surface area contributed by atoms with Gasteiger partial charge in [-0.1, -0.05) is 63.6 Å². The average molecular weight is 365 g/mol. The van der Waals surface area contributed by atoms with E-state index < -0.39 is 0 Å². The van der Waals surface area contributed by atoms with Gasteiger partial charge in [0.05, 0.1) is 6.61 Å². The zero-order valence-electron chi connectivity index (χ0n) is 18.1. The Hall–Kier alpha value is -1.60. The van der Waals surface area contributed by atoms with Crippen molar-refractivity contribution >= 4 is 5.57 Å². The molecular weight excluding hydrogens is 328 g/mol. The quantitative estimate of drug-likeness (QED) is 0.584. The summed E-state index contributed by atoms with van der Waals surface area (Å²) in [7, 11) is 0. The Morgan fingerprint density at radius 1 is 1.04 bits per heavy atom. The van der Waals surface area contributed by atoms with E-state index in [2.05, 4.69) is 65.8 Å². The molecule has 0 amide bonds. The summed E-state index contributed by atoms with van der Waals surface area (Å²) in [6.45, 7) is 14.1. The molecule has 0 radical (unpaired) electrons. The number of hydrogen-bond acceptors (Lipinski definition) is 1. The molecule has 0 saturated carbocycles. The summed E-state index contributed by atoms with van der Waals surface area (Å²) in [5.41, 5.74) is 10.6. The Kier molecular flexibility index (Phi) is 5.54. The number of allylic oxidation sites excluding steroid dienone is 5. The molecule has 1 aromatic carbocycles. The lowest BCUT2D eigenvalue weighted by atomic mass is 9.62. The summed E-state index contributed by atoms with van der Waals surface area (Å²) < 4.78 is 0. The molecule has 1 aromatic rings. The lowest BCUT2D eigenvalue weighted by Gasteiger charge is -2.42. The van der Waals surface area contributed by atoms with E-state index in [1.807, 2.05) is 6.08 Å². The maximum Gasteiger partial charge on any atom is 0.0617 e. The van der Waals surface area contributed by atoms with Crippen molar-refractivity contribution in [3.63, 3.8) is 0 Å². The maximum atomic E-state index is 9.08. The molecule has 3 rings (SSSR count). The largest absolute Gasteiger partial charge is 0.392 e. The van der Waals surface area contributed by atoms with E-state index in [9.17, 15) is 0 Å². The van der Waals surface area contributed by atoms with Crippen LogP contribution in [0.3, 0.4) is 0 Å². The molecule has 0 aromatic heterocycles. The number of fused-ring (bicyclic) bond motifs is 1. The van der Waals surface area contributed by atoms with E-state index in [0.717, 1.165) is 12.0 Å². The van der Waals surface area contributed by atoms with Gasteiger partial charge in [0.25, 0.3) is 0 Å². The highest BCUT2D eigenvalue weighted by molar-refractivity contribution is 5.76. The lowest BCUT2D eigenvalue weighted by Crippen LogP contribution is -2.34. The van der Waals surface area contributed by atoms with Gasteiger partial charge in [0.15, 0.2) is 0 Å². The van der Waals surface area contributed by atoms with Crippen molar-refractivity contribution in [2.24, 2.45) is 0 Å². The Labute approximate surface area is 165 Å². The first-order valence-electron chi connectivity index (χ1n) is 10.5. The second kappa shape index (κ2) is 7.43. The van der Waals surface area contributed by atoms with Crippen LogP contribution in [0.1, 0.15) is 89.0 Å². The molecule has 0 fully saturated rings. The molecule has 1 nitrogen and oxygen atoms in total. The minimum atomic E-state index is 0.108. The zero-order chi connectivity index (χ0) is 19.8. The second-order valence-electron chi connectivity index (χ2n) is 9.80. The van der Waals surface area contributed by atoms with Gasteiger partial charge in [0.2, 0.25) is 0 Å². The van der Waals surface area contributed by atoms with Gasteiger partial charge in [-0.3, -0.25) is 0 Å². The zero-order valence-corrected chi connectivity index (χ0v) is 18.1. The highest BCUT2D eigenvalue weighted by atomic mass is 16.2. The van der Waals surface area contributed by atoms with Crippen molar-refractivity contribution in [1.29, 1.82) is 0 Å². The predicted octanol–water partition coefficient (Wildman–Crippen LogP) is 6.78. The molecule has 2 aliphatic carbocycles. The summed E-state index contributed by atoms with van der Waals surface area (Å²) in [5, 5.41) is 9.08. The van der Waals surface area contributed by atoms with E-state index in [1.54, 1.807) is 11.1 Å². The van der Waals surface area contributed by atoms with Gasteiger partial charge in [0, 0.05) is 0 Å². The molecule has 146 valence electrons. The molecule has 1 N–H and O–H groups in total. The van der Waals surface area contributed by atoms with Crippen LogP contribution in [0.4, 0.5) is 0 Å². The minimum absolute atomic E-state index is 0.108. The molecule has 0 saturated heterocycles. The van der Waals surface area contributed by atoms with Crippen LogP contribution in [0.5, 0.6) is 0 Å². The molecule has 2 aliphatic rings. The topological polar surface area (TPSA) is 20.2 Å². The monoisotopic (exact) mass is 364 g/mol. The number of aliphatic hydroxyl groups excluding tert-OH is 1. The van der Waals surface area contributed by atoms with Gasteiger partial charge >= 0.3 is 0 Å². The minimum Gasteiger partial charge on any atom is -0.392 e. The number of hydrogen-bond donors (Lipinski definition) is 1. The number of benzene rings is 1. The Morgan fingerprint density at radius 2 is 1.67 bits per heavy atom. The summed E-state index contributed by atoms with van der Waals surface area (Å²) >= 11 is 0. The van der Waals surface area contributed by atoms with E-state index in [-0.39, 0.29) is 17.4 Å². The first-order chi connectivity index (χ1) is 12.7. The van der Waals surface area contributed by atoms with Gasteiger partial charge in [-0.25, -0.2) is 0 Å². The van der Waals surface area contributed by atoms with E-state index >= 15 is 0 Å². The number of aryl methyl sites for hydroxylation is 1. The lowest BCUT2D eigenvalue weighted by molar-refractivity contribution is 0.331. The van der Waals surface area contributed by atoms with Crippen LogP contribution in [0, 0.1) is 6.92 Å². The van der Waals surface area contributed by atoms with Crippen LogP contribution in [0.15, 0.2) is 41.5 Å². The molecule has 0 aliphatic heterocycles. The first-order valence-corrected chi connectivity index (χ1v) is 10.5. The highest BCUT2D eigenvalue weighted by Crippen LogP contribution is 2.48. The van der Waals surface area contributed by atoms with Gasteiger partial charge in [-0.05, 0) is 90.2 Å². The molecule has 0 atom stereocenters. The summed E-state index contributed by atoms with van der Waals surface area (Å²) in [4.78, 5) is 0. The third-order valence-electron chi connectivity index (χ3n) is 6.74. The van der Waals surface area contributed by atoms with Crippen LogP contribution in [-0.2, 0) is 10.8 Å². The van der Waals surface area contributed by atoms with Crippen LogP contribution < -0.4 is 0 Å². The summed E-state index contributed by atoms with van der Waals surface area (Å²) in [6, 6.07) is 5.01. The van der Waals surface area contributed by atoms with Crippen molar-refractivity contribution in [3.05, 3.63) is 63.8 Å². The van der Waals surface area contributed by atoms with Crippen molar-refractivity contribution in [2.75, 3.05) is 6.61 Å². The first kappa shape index (κ1) is 20.1. The van der Waals surface area contributed by atoms with Crippen LogP contribution in [0.2, 0.25) is 0 Å². The normalized spacial score (nSPS) is 21.8. The molecule has 0 spiro atoms. The SMILES string of the molecule is C/C(C=CC1=C(c2cc3c(cc2C)C(C)(C)CCC3(C)C)CCC1)=C\CO. The fourth-order valence-electron chi connectivity index (χ4n) is 4.75. The molecule has 0 heterocycles. The van der Waals surface area contributed by atoms with Gasteiger partial charge in [-0.2, -0.15) is 0 Å². The summed E-state index contributed by atoms with van der Waals surface area (Å²) in [5.74, 6) is 0. The van der Waals surface area contributed by atoms with Gasteiger partial charge in [0.1, 0.15) is 0 Å². The fourth-order valence-corrected chi connectivity index (χ4v) is 4.75. The van der Waals surface area contributed by atoms with Crippen molar-refractivity contribution in [2.45, 2.75) is 84.5 Å². The Balaban J connectivity index is 2.09. The molecule has 1 heteroatoms. The van der Waals surface area contributed by atoms with E-state index in [1.165, 1.54) is 48.0 Å². The van der Waals surface area contributed by atoms with E-state index in [0.29, 0.717) is 0 Å². The second-order valence-corrected chi connectivity index (χ2v) is 9.80.